The minimum atomic E-state index is 0. The van der Waals surface area contributed by atoms with E-state index in [4.69, 9.17) is 4.52 Å². The summed E-state index contributed by atoms with van der Waals surface area (Å²) in [7, 11) is 0. The summed E-state index contributed by atoms with van der Waals surface area (Å²) in [5.74, 6) is 2.14. The van der Waals surface area contributed by atoms with Gasteiger partial charge in [0.1, 0.15) is 0 Å². The molecular formula is C23H30ClN3O. The average Bonchev–Trinajstić information content (AvgIpc) is 3.18. The molecule has 2 heterocycles. The monoisotopic (exact) mass is 399 g/mol. The Labute approximate surface area is 173 Å². The number of aromatic nitrogens is 2. The molecular weight excluding hydrogens is 370 g/mol. The van der Waals surface area contributed by atoms with E-state index in [9.17, 15) is 0 Å². The molecule has 4 nitrogen and oxygen atoms in total. The summed E-state index contributed by atoms with van der Waals surface area (Å²) in [6.07, 6.45) is 5.89. The second kappa shape index (κ2) is 9.53. The van der Waals surface area contributed by atoms with E-state index in [0.29, 0.717) is 11.8 Å². The number of likely N-dealkylation sites (tertiary alicyclic amines) is 1. The van der Waals surface area contributed by atoms with Crippen LogP contribution < -0.4 is 0 Å². The molecule has 150 valence electrons. The van der Waals surface area contributed by atoms with Gasteiger partial charge in [-0.15, -0.1) is 12.4 Å². The van der Waals surface area contributed by atoms with Gasteiger partial charge in [-0.25, -0.2) is 0 Å². The first-order chi connectivity index (χ1) is 13.3. The van der Waals surface area contributed by atoms with E-state index in [1.165, 1.54) is 49.5 Å². The zero-order valence-electron chi connectivity index (χ0n) is 16.8. The van der Waals surface area contributed by atoms with Crippen molar-refractivity contribution < 1.29 is 4.52 Å². The lowest BCUT2D eigenvalue weighted by molar-refractivity contribution is 0.125. The summed E-state index contributed by atoms with van der Waals surface area (Å²) in [6, 6.07) is 15.4. The van der Waals surface area contributed by atoms with E-state index in [0.717, 1.165) is 23.9 Å². The normalized spacial score (nSPS) is 15.8. The predicted octanol–water partition coefficient (Wildman–Crippen LogP) is 5.75. The minimum Gasteiger partial charge on any atom is -0.334 e. The highest BCUT2D eigenvalue weighted by Crippen LogP contribution is 2.26. The number of hydrogen-bond acceptors (Lipinski definition) is 4. The van der Waals surface area contributed by atoms with Gasteiger partial charge in [-0.1, -0.05) is 49.3 Å². The first-order valence-corrected chi connectivity index (χ1v) is 10.3. The van der Waals surface area contributed by atoms with Crippen LogP contribution in [-0.2, 0) is 6.42 Å². The molecule has 1 fully saturated rings. The van der Waals surface area contributed by atoms with Crippen LogP contribution in [0.3, 0.4) is 0 Å². The van der Waals surface area contributed by atoms with Crippen LogP contribution in [0.25, 0.3) is 22.2 Å². The van der Waals surface area contributed by atoms with Gasteiger partial charge < -0.3 is 9.42 Å². The van der Waals surface area contributed by atoms with Crippen LogP contribution in [0.5, 0.6) is 0 Å². The van der Waals surface area contributed by atoms with E-state index in [1.54, 1.807) is 0 Å². The van der Waals surface area contributed by atoms with Gasteiger partial charge in [-0.2, -0.15) is 4.98 Å². The third-order valence-electron chi connectivity index (χ3n) is 6.04. The Hall–Kier alpha value is -1.91. The molecule has 0 spiro atoms. The fourth-order valence-electron chi connectivity index (χ4n) is 4.36. The van der Waals surface area contributed by atoms with E-state index in [2.05, 4.69) is 71.4 Å². The molecule has 1 saturated heterocycles. The van der Waals surface area contributed by atoms with Crippen molar-refractivity contribution in [3.05, 3.63) is 48.3 Å². The smallest absolute Gasteiger partial charge is 0.257 e. The molecule has 3 aromatic rings. The van der Waals surface area contributed by atoms with E-state index in [-0.39, 0.29) is 12.4 Å². The predicted molar refractivity (Wildman–Crippen MR) is 117 cm³/mol. The number of nitrogens with zero attached hydrogens (tertiary/aromatic N) is 3. The average molecular weight is 400 g/mol. The number of piperidine rings is 1. The summed E-state index contributed by atoms with van der Waals surface area (Å²) in [6.45, 7) is 7.00. The van der Waals surface area contributed by atoms with Gasteiger partial charge in [0.2, 0.25) is 0 Å². The Balaban J connectivity index is 0.00000225. The summed E-state index contributed by atoms with van der Waals surface area (Å²) in [5.41, 5.74) is 0.996. The highest BCUT2D eigenvalue weighted by Gasteiger charge is 2.24. The first-order valence-electron chi connectivity index (χ1n) is 10.3. The van der Waals surface area contributed by atoms with Crippen molar-refractivity contribution in [2.75, 3.05) is 13.1 Å². The third-order valence-corrected chi connectivity index (χ3v) is 6.04. The van der Waals surface area contributed by atoms with Gasteiger partial charge in [0.05, 0.1) is 0 Å². The molecule has 0 unspecified atom stereocenters. The molecule has 0 aliphatic carbocycles. The Bertz CT molecular complexity index is 882. The Kier molecular flexibility index (Phi) is 7.08. The van der Waals surface area contributed by atoms with Crippen LogP contribution in [0.1, 0.15) is 45.4 Å². The largest absolute Gasteiger partial charge is 0.334 e. The van der Waals surface area contributed by atoms with Crippen molar-refractivity contribution in [3.63, 3.8) is 0 Å². The van der Waals surface area contributed by atoms with Gasteiger partial charge in [-0.05, 0) is 67.6 Å². The Morgan fingerprint density at radius 2 is 1.75 bits per heavy atom. The molecule has 2 aromatic carbocycles. The lowest BCUT2D eigenvalue weighted by Crippen LogP contribution is -2.41. The molecule has 0 amide bonds. The van der Waals surface area contributed by atoms with Crippen LogP contribution >= 0.6 is 12.4 Å². The molecule has 0 atom stereocenters. The summed E-state index contributed by atoms with van der Waals surface area (Å²) in [4.78, 5) is 7.34. The van der Waals surface area contributed by atoms with Crippen molar-refractivity contribution in [2.45, 2.75) is 52.0 Å². The Morgan fingerprint density at radius 1 is 1.04 bits per heavy atom. The molecule has 28 heavy (non-hydrogen) atoms. The fraction of sp³-hybridized carbons (Fsp3) is 0.478. The summed E-state index contributed by atoms with van der Waals surface area (Å²) < 4.78 is 5.56. The number of halogens is 1. The van der Waals surface area contributed by atoms with Crippen molar-refractivity contribution >= 4 is 23.2 Å². The van der Waals surface area contributed by atoms with Crippen molar-refractivity contribution in [1.82, 2.24) is 15.0 Å². The fourth-order valence-corrected chi connectivity index (χ4v) is 4.36. The number of hydrogen-bond donors (Lipinski definition) is 0. The third kappa shape index (κ3) is 4.56. The molecule has 0 radical (unpaired) electrons. The number of benzene rings is 2. The van der Waals surface area contributed by atoms with Gasteiger partial charge in [0, 0.05) is 18.0 Å². The SMILES string of the molecule is CCC(CC)N1CCC(Cc2noc(-c3ccc4ccccc4c3)n2)CC1.Cl. The quantitative estimate of drug-likeness (QED) is 0.528. The van der Waals surface area contributed by atoms with Gasteiger partial charge >= 0.3 is 0 Å². The molecule has 1 aliphatic heterocycles. The van der Waals surface area contributed by atoms with Crippen LogP contribution in [0.4, 0.5) is 0 Å². The van der Waals surface area contributed by atoms with E-state index < -0.39 is 0 Å². The number of rotatable bonds is 6. The minimum absolute atomic E-state index is 0. The van der Waals surface area contributed by atoms with Crippen LogP contribution in [0, 0.1) is 5.92 Å². The zero-order valence-corrected chi connectivity index (χ0v) is 17.6. The van der Waals surface area contributed by atoms with E-state index >= 15 is 0 Å². The molecule has 5 heteroatoms. The highest BCUT2D eigenvalue weighted by molar-refractivity contribution is 5.86. The maximum atomic E-state index is 5.56. The van der Waals surface area contributed by atoms with Crippen molar-refractivity contribution in [3.8, 4) is 11.5 Å². The van der Waals surface area contributed by atoms with Crippen molar-refractivity contribution in [1.29, 1.82) is 0 Å². The molecule has 0 saturated carbocycles. The van der Waals surface area contributed by atoms with Crippen LogP contribution in [-0.4, -0.2) is 34.2 Å². The lowest BCUT2D eigenvalue weighted by Gasteiger charge is -2.36. The maximum absolute atomic E-state index is 5.56. The standard InChI is InChI=1S/C23H29N3O.ClH/c1-3-21(4-2)26-13-11-17(12-14-26)15-22-24-23(27-25-22)20-10-9-18-7-5-6-8-19(18)16-20;/h5-10,16-17,21H,3-4,11-15H2,1-2H3;1H. The van der Waals surface area contributed by atoms with Crippen LogP contribution in [0.2, 0.25) is 0 Å². The molecule has 1 aliphatic rings. The second-order valence-electron chi connectivity index (χ2n) is 7.73. The molecule has 0 N–H and O–H groups in total. The molecule has 0 bridgehead atoms. The van der Waals surface area contributed by atoms with Gasteiger partial charge in [-0.3, -0.25) is 0 Å². The summed E-state index contributed by atoms with van der Waals surface area (Å²) in [5, 5.41) is 6.68. The molecule has 4 rings (SSSR count). The van der Waals surface area contributed by atoms with Gasteiger partial charge in [0.15, 0.2) is 5.82 Å². The maximum Gasteiger partial charge on any atom is 0.257 e. The summed E-state index contributed by atoms with van der Waals surface area (Å²) >= 11 is 0. The topological polar surface area (TPSA) is 42.2 Å². The Morgan fingerprint density at radius 3 is 2.46 bits per heavy atom. The number of fused-ring (bicyclic) bond motifs is 1. The highest BCUT2D eigenvalue weighted by atomic mass is 35.5. The second-order valence-corrected chi connectivity index (χ2v) is 7.73. The van der Waals surface area contributed by atoms with Crippen LogP contribution in [0.15, 0.2) is 47.0 Å². The zero-order chi connectivity index (χ0) is 18.6. The molecule has 1 aromatic heterocycles. The van der Waals surface area contributed by atoms with Gasteiger partial charge in [0.25, 0.3) is 5.89 Å². The lowest BCUT2D eigenvalue weighted by atomic mass is 9.92. The first kappa shape index (κ1) is 20.8. The van der Waals surface area contributed by atoms with E-state index in [1.807, 2.05) is 0 Å². The van der Waals surface area contributed by atoms with Crippen molar-refractivity contribution in [2.24, 2.45) is 5.92 Å².